The fourth-order valence-corrected chi connectivity index (χ4v) is 1.98. The van der Waals surface area contributed by atoms with Crippen LogP contribution in [0.15, 0.2) is 46.9 Å². The molecule has 0 aromatic heterocycles. The standard InChI is InChI=1S/C15H13BrFNO2/c1-10-5-6-11(16)7-14(10)20-9-15(19)18-13-4-2-3-12(17)8-13/h2-8H,9H2,1H3,(H,18,19). The molecule has 0 aliphatic heterocycles. The zero-order valence-electron chi connectivity index (χ0n) is 10.8. The SMILES string of the molecule is Cc1ccc(Br)cc1OCC(=O)Nc1cccc(F)c1. The maximum absolute atomic E-state index is 13.0. The fourth-order valence-electron chi connectivity index (χ4n) is 1.64. The van der Waals surface area contributed by atoms with Crippen molar-refractivity contribution < 1.29 is 13.9 Å². The lowest BCUT2D eigenvalue weighted by molar-refractivity contribution is -0.118. The van der Waals surface area contributed by atoms with Crippen LogP contribution in [0.3, 0.4) is 0 Å². The molecule has 1 amide bonds. The second-order valence-electron chi connectivity index (χ2n) is 4.26. The number of hydrogen-bond donors (Lipinski definition) is 1. The van der Waals surface area contributed by atoms with Gasteiger partial charge in [0.2, 0.25) is 0 Å². The van der Waals surface area contributed by atoms with Crippen molar-refractivity contribution in [1.29, 1.82) is 0 Å². The van der Waals surface area contributed by atoms with Gasteiger partial charge >= 0.3 is 0 Å². The molecule has 20 heavy (non-hydrogen) atoms. The van der Waals surface area contributed by atoms with Crippen LogP contribution in [0.5, 0.6) is 5.75 Å². The molecule has 104 valence electrons. The molecule has 0 bridgehead atoms. The minimum absolute atomic E-state index is 0.131. The van der Waals surface area contributed by atoms with Crippen molar-refractivity contribution in [1.82, 2.24) is 0 Å². The first-order valence-corrected chi connectivity index (χ1v) is 6.78. The van der Waals surface area contributed by atoms with Crippen molar-refractivity contribution >= 4 is 27.5 Å². The van der Waals surface area contributed by atoms with E-state index < -0.39 is 5.82 Å². The molecule has 0 aliphatic carbocycles. The molecule has 0 spiro atoms. The third-order valence-corrected chi connectivity index (χ3v) is 3.11. The Morgan fingerprint density at radius 2 is 2.10 bits per heavy atom. The average molecular weight is 338 g/mol. The van der Waals surface area contributed by atoms with Gasteiger partial charge in [0.15, 0.2) is 6.61 Å². The van der Waals surface area contributed by atoms with Gasteiger partial charge in [-0.25, -0.2) is 4.39 Å². The Morgan fingerprint density at radius 3 is 2.85 bits per heavy atom. The number of carbonyl (C=O) groups is 1. The number of nitrogens with one attached hydrogen (secondary N) is 1. The molecular weight excluding hydrogens is 325 g/mol. The number of rotatable bonds is 4. The monoisotopic (exact) mass is 337 g/mol. The van der Waals surface area contributed by atoms with E-state index in [2.05, 4.69) is 21.2 Å². The van der Waals surface area contributed by atoms with Crippen LogP contribution < -0.4 is 10.1 Å². The summed E-state index contributed by atoms with van der Waals surface area (Å²) in [6.45, 7) is 1.76. The van der Waals surface area contributed by atoms with Crippen LogP contribution in [0, 0.1) is 12.7 Å². The summed E-state index contributed by atoms with van der Waals surface area (Å²) in [6, 6.07) is 11.3. The highest BCUT2D eigenvalue weighted by Gasteiger charge is 2.06. The van der Waals surface area contributed by atoms with Crippen molar-refractivity contribution in [3.63, 3.8) is 0 Å². The van der Waals surface area contributed by atoms with Gasteiger partial charge in [-0.15, -0.1) is 0 Å². The Hall–Kier alpha value is -1.88. The summed E-state index contributed by atoms with van der Waals surface area (Å²) in [5.74, 6) is -0.102. The number of amides is 1. The Kier molecular flexibility index (Phi) is 4.74. The molecule has 0 unspecified atom stereocenters. The van der Waals surface area contributed by atoms with Crippen molar-refractivity contribution in [2.24, 2.45) is 0 Å². The zero-order chi connectivity index (χ0) is 14.5. The molecule has 2 aromatic carbocycles. The molecule has 0 saturated carbocycles. The van der Waals surface area contributed by atoms with Crippen LogP contribution in [0.4, 0.5) is 10.1 Å². The topological polar surface area (TPSA) is 38.3 Å². The van der Waals surface area contributed by atoms with Crippen molar-refractivity contribution in [2.75, 3.05) is 11.9 Å². The maximum Gasteiger partial charge on any atom is 0.262 e. The molecule has 1 N–H and O–H groups in total. The molecule has 0 radical (unpaired) electrons. The minimum Gasteiger partial charge on any atom is -0.483 e. The summed E-state index contributed by atoms with van der Waals surface area (Å²) in [5, 5.41) is 2.57. The minimum atomic E-state index is -0.397. The molecule has 0 aliphatic rings. The van der Waals surface area contributed by atoms with E-state index in [1.54, 1.807) is 12.1 Å². The van der Waals surface area contributed by atoms with E-state index in [9.17, 15) is 9.18 Å². The predicted octanol–water partition coefficient (Wildman–Crippen LogP) is 3.91. The van der Waals surface area contributed by atoms with E-state index >= 15 is 0 Å². The van der Waals surface area contributed by atoms with Gasteiger partial charge in [-0.1, -0.05) is 28.1 Å². The largest absolute Gasteiger partial charge is 0.483 e. The zero-order valence-corrected chi connectivity index (χ0v) is 12.4. The van der Waals surface area contributed by atoms with E-state index in [0.717, 1.165) is 10.0 Å². The lowest BCUT2D eigenvalue weighted by atomic mass is 10.2. The first-order valence-electron chi connectivity index (χ1n) is 5.99. The maximum atomic E-state index is 13.0. The molecular formula is C15H13BrFNO2. The van der Waals surface area contributed by atoms with Crippen molar-refractivity contribution in [3.05, 3.63) is 58.3 Å². The molecule has 5 heteroatoms. The summed E-state index contributed by atoms with van der Waals surface area (Å²) in [7, 11) is 0. The Bertz CT molecular complexity index is 631. The lowest BCUT2D eigenvalue weighted by Crippen LogP contribution is -2.20. The van der Waals surface area contributed by atoms with E-state index in [1.165, 1.54) is 18.2 Å². The Morgan fingerprint density at radius 1 is 1.30 bits per heavy atom. The number of anilines is 1. The van der Waals surface area contributed by atoms with Crippen LogP contribution in [-0.2, 0) is 4.79 Å². The highest BCUT2D eigenvalue weighted by molar-refractivity contribution is 9.10. The van der Waals surface area contributed by atoms with E-state index in [0.29, 0.717) is 11.4 Å². The molecule has 0 heterocycles. The molecule has 0 fully saturated rings. The van der Waals surface area contributed by atoms with Gasteiger partial charge in [0.05, 0.1) is 0 Å². The quantitative estimate of drug-likeness (QED) is 0.918. The molecule has 2 rings (SSSR count). The number of hydrogen-bond acceptors (Lipinski definition) is 2. The van der Waals surface area contributed by atoms with Crippen molar-refractivity contribution in [2.45, 2.75) is 6.92 Å². The number of halogens is 2. The summed E-state index contributed by atoms with van der Waals surface area (Å²) in [5.41, 5.74) is 1.34. The highest BCUT2D eigenvalue weighted by Crippen LogP contribution is 2.22. The normalized spacial score (nSPS) is 10.2. The van der Waals surface area contributed by atoms with E-state index in [1.807, 2.05) is 19.1 Å². The first-order chi connectivity index (χ1) is 9.54. The van der Waals surface area contributed by atoms with E-state index in [-0.39, 0.29) is 12.5 Å². The van der Waals surface area contributed by atoms with Crippen LogP contribution >= 0.6 is 15.9 Å². The molecule has 0 atom stereocenters. The smallest absolute Gasteiger partial charge is 0.262 e. The summed E-state index contributed by atoms with van der Waals surface area (Å²) < 4.78 is 19.3. The van der Waals surface area contributed by atoms with Crippen molar-refractivity contribution in [3.8, 4) is 5.75 Å². The highest BCUT2D eigenvalue weighted by atomic mass is 79.9. The summed E-state index contributed by atoms with van der Waals surface area (Å²) in [6.07, 6.45) is 0. The Labute approximate surface area is 124 Å². The number of aryl methyl sites for hydroxylation is 1. The van der Waals surface area contributed by atoms with Crippen LogP contribution in [-0.4, -0.2) is 12.5 Å². The second kappa shape index (κ2) is 6.52. The molecule has 3 nitrogen and oxygen atoms in total. The molecule has 2 aromatic rings. The van der Waals surface area contributed by atoms with Gasteiger partial charge in [0.1, 0.15) is 11.6 Å². The van der Waals surface area contributed by atoms with Gasteiger partial charge in [-0.05, 0) is 42.8 Å². The van der Waals surface area contributed by atoms with E-state index in [4.69, 9.17) is 4.74 Å². The van der Waals surface area contributed by atoms with Crippen LogP contribution in [0.1, 0.15) is 5.56 Å². The summed E-state index contributed by atoms with van der Waals surface area (Å²) >= 11 is 3.34. The van der Waals surface area contributed by atoms with Crippen LogP contribution in [0.25, 0.3) is 0 Å². The first kappa shape index (κ1) is 14.5. The van der Waals surface area contributed by atoms with Gasteiger partial charge in [0, 0.05) is 10.2 Å². The fraction of sp³-hybridized carbons (Fsp3) is 0.133. The number of ether oxygens (including phenoxy) is 1. The van der Waals surface area contributed by atoms with Gasteiger partial charge in [0.25, 0.3) is 5.91 Å². The average Bonchev–Trinajstić information content (AvgIpc) is 2.40. The third-order valence-electron chi connectivity index (χ3n) is 2.62. The molecule has 0 saturated heterocycles. The predicted molar refractivity (Wildman–Crippen MR) is 79.4 cm³/mol. The third kappa shape index (κ3) is 4.06. The lowest BCUT2D eigenvalue weighted by Gasteiger charge is -2.10. The Balaban J connectivity index is 1.94. The summed E-state index contributed by atoms with van der Waals surface area (Å²) in [4.78, 5) is 11.7. The van der Waals surface area contributed by atoms with Gasteiger partial charge < -0.3 is 10.1 Å². The van der Waals surface area contributed by atoms with Gasteiger partial charge in [-0.3, -0.25) is 4.79 Å². The van der Waals surface area contributed by atoms with Crippen LogP contribution in [0.2, 0.25) is 0 Å². The number of carbonyl (C=O) groups excluding carboxylic acids is 1. The van der Waals surface area contributed by atoms with Gasteiger partial charge in [-0.2, -0.15) is 0 Å². The number of benzene rings is 2. The second-order valence-corrected chi connectivity index (χ2v) is 5.17.